The zero-order chi connectivity index (χ0) is 31.8. The normalized spacial score (nSPS) is 14.0. The molecule has 4 aromatic rings. The number of hydrogen-bond acceptors (Lipinski definition) is 5. The van der Waals surface area contributed by atoms with Crippen molar-refractivity contribution in [1.82, 2.24) is 10.2 Å². The molecule has 0 radical (unpaired) electrons. The minimum Gasteiger partial charge on any atom is -0.457 e. The number of hydrogen-bond donors (Lipinski definition) is 1. The van der Waals surface area contributed by atoms with Crippen LogP contribution in [-0.4, -0.2) is 43.8 Å². The van der Waals surface area contributed by atoms with Crippen molar-refractivity contribution in [3.63, 3.8) is 0 Å². The van der Waals surface area contributed by atoms with Crippen LogP contribution in [-0.2, 0) is 26.2 Å². The number of ether oxygens (including phenoxy) is 1. The average molecular weight is 646 g/mol. The van der Waals surface area contributed by atoms with Crippen molar-refractivity contribution < 1.29 is 22.7 Å². The summed E-state index contributed by atoms with van der Waals surface area (Å²) in [6.07, 6.45) is 3.89. The number of anilines is 1. The molecule has 1 atom stereocenters. The van der Waals surface area contributed by atoms with Crippen molar-refractivity contribution >= 4 is 39.1 Å². The van der Waals surface area contributed by atoms with Crippen molar-refractivity contribution in [3.05, 3.63) is 120 Å². The van der Waals surface area contributed by atoms with Gasteiger partial charge < -0.3 is 15.0 Å². The van der Waals surface area contributed by atoms with E-state index in [0.29, 0.717) is 16.5 Å². The van der Waals surface area contributed by atoms with E-state index in [0.717, 1.165) is 35.6 Å². The Balaban J connectivity index is 1.46. The van der Waals surface area contributed by atoms with Crippen LogP contribution in [0.2, 0.25) is 5.02 Å². The summed E-state index contributed by atoms with van der Waals surface area (Å²) in [5.41, 5.74) is 0.995. The van der Waals surface area contributed by atoms with Crippen LogP contribution >= 0.6 is 11.6 Å². The van der Waals surface area contributed by atoms with Crippen LogP contribution in [0.15, 0.2) is 114 Å². The molecule has 2 amide bonds. The minimum atomic E-state index is -4.18. The van der Waals surface area contributed by atoms with Gasteiger partial charge in [-0.15, -0.1) is 0 Å². The Bertz CT molecular complexity index is 1700. The van der Waals surface area contributed by atoms with Crippen LogP contribution in [0.3, 0.4) is 0 Å². The maximum absolute atomic E-state index is 14.2. The second kappa shape index (κ2) is 14.6. The third-order valence-electron chi connectivity index (χ3n) is 7.82. The Morgan fingerprint density at radius 2 is 1.49 bits per heavy atom. The predicted molar refractivity (Wildman–Crippen MR) is 176 cm³/mol. The van der Waals surface area contributed by atoms with Gasteiger partial charge in [0.25, 0.3) is 10.0 Å². The first-order chi connectivity index (χ1) is 21.7. The fourth-order valence-corrected chi connectivity index (χ4v) is 7.01. The Labute approximate surface area is 269 Å². The first-order valence-corrected chi connectivity index (χ1v) is 16.8. The first-order valence-electron chi connectivity index (χ1n) is 15.0. The highest BCUT2D eigenvalue weighted by Crippen LogP contribution is 2.29. The number of amides is 2. The Hall–Kier alpha value is -4.34. The van der Waals surface area contributed by atoms with Crippen LogP contribution in [0.5, 0.6) is 11.5 Å². The summed E-state index contributed by atoms with van der Waals surface area (Å²) >= 11 is 6.24. The van der Waals surface area contributed by atoms with Crippen molar-refractivity contribution in [2.24, 2.45) is 0 Å². The summed E-state index contributed by atoms with van der Waals surface area (Å²) in [6.45, 7) is 1.21. The molecule has 8 nitrogen and oxygen atoms in total. The lowest BCUT2D eigenvalue weighted by Crippen LogP contribution is -2.52. The van der Waals surface area contributed by atoms with Gasteiger partial charge in [-0.3, -0.25) is 13.9 Å². The van der Waals surface area contributed by atoms with Crippen molar-refractivity contribution in [1.29, 1.82) is 0 Å². The second-order valence-electron chi connectivity index (χ2n) is 11.1. The topological polar surface area (TPSA) is 96.0 Å². The molecule has 0 unspecified atom stereocenters. The van der Waals surface area contributed by atoms with Gasteiger partial charge >= 0.3 is 0 Å². The molecular weight excluding hydrogens is 610 g/mol. The third kappa shape index (κ3) is 8.23. The maximum Gasteiger partial charge on any atom is 0.264 e. The number of nitrogens with one attached hydrogen (secondary N) is 1. The lowest BCUT2D eigenvalue weighted by molar-refractivity contribution is -0.139. The highest BCUT2D eigenvalue weighted by molar-refractivity contribution is 7.92. The van der Waals surface area contributed by atoms with Crippen LogP contribution in [0.4, 0.5) is 5.69 Å². The van der Waals surface area contributed by atoms with E-state index >= 15 is 0 Å². The van der Waals surface area contributed by atoms with Crippen molar-refractivity contribution in [2.45, 2.75) is 56.1 Å². The third-order valence-corrected chi connectivity index (χ3v) is 9.85. The first kappa shape index (κ1) is 32.1. The summed E-state index contributed by atoms with van der Waals surface area (Å²) in [4.78, 5) is 29.0. The Kier molecular flexibility index (Phi) is 10.4. The van der Waals surface area contributed by atoms with Crippen LogP contribution < -0.4 is 14.4 Å². The molecule has 1 fully saturated rings. The van der Waals surface area contributed by atoms with Crippen molar-refractivity contribution in [3.8, 4) is 11.5 Å². The van der Waals surface area contributed by atoms with Gasteiger partial charge in [-0.05, 0) is 86.0 Å². The fourth-order valence-electron chi connectivity index (χ4n) is 5.36. The van der Waals surface area contributed by atoms with Gasteiger partial charge in [0, 0.05) is 17.6 Å². The lowest BCUT2D eigenvalue weighted by atomic mass is 10.1. The highest BCUT2D eigenvalue weighted by atomic mass is 35.5. The predicted octanol–water partition coefficient (Wildman–Crippen LogP) is 6.80. The van der Waals surface area contributed by atoms with Gasteiger partial charge in [-0.25, -0.2) is 8.42 Å². The monoisotopic (exact) mass is 645 g/mol. The van der Waals surface area contributed by atoms with Crippen LogP contribution in [0.1, 0.15) is 38.2 Å². The molecule has 1 saturated carbocycles. The Morgan fingerprint density at radius 1 is 0.867 bits per heavy atom. The van der Waals surface area contributed by atoms with E-state index in [1.54, 1.807) is 67.6 Å². The van der Waals surface area contributed by atoms with E-state index in [2.05, 4.69) is 5.32 Å². The molecule has 0 saturated heterocycles. The number of halogens is 1. The molecule has 234 valence electrons. The van der Waals surface area contributed by atoms with Gasteiger partial charge in [0.15, 0.2) is 0 Å². The van der Waals surface area contributed by atoms with E-state index < -0.39 is 28.5 Å². The van der Waals surface area contributed by atoms with Gasteiger partial charge in [-0.2, -0.15) is 0 Å². The molecule has 1 N–H and O–H groups in total. The molecule has 1 aliphatic carbocycles. The number of para-hydroxylation sites is 1. The fraction of sp³-hybridized carbons (Fsp3) is 0.257. The summed E-state index contributed by atoms with van der Waals surface area (Å²) in [6, 6.07) is 29.9. The van der Waals surface area contributed by atoms with Gasteiger partial charge in [-0.1, -0.05) is 73.0 Å². The number of carbonyl (C=O) groups excluding carboxylic acids is 2. The van der Waals surface area contributed by atoms with Crippen LogP contribution in [0, 0.1) is 0 Å². The lowest BCUT2D eigenvalue weighted by Gasteiger charge is -2.32. The number of benzene rings is 4. The van der Waals surface area contributed by atoms with Gasteiger partial charge in [0.1, 0.15) is 24.1 Å². The van der Waals surface area contributed by atoms with E-state index in [1.807, 2.05) is 36.4 Å². The zero-order valence-electron chi connectivity index (χ0n) is 25.0. The molecule has 0 aliphatic heterocycles. The van der Waals surface area contributed by atoms with Crippen LogP contribution in [0.25, 0.3) is 0 Å². The van der Waals surface area contributed by atoms with Gasteiger partial charge in [0.2, 0.25) is 11.8 Å². The van der Waals surface area contributed by atoms with Crippen molar-refractivity contribution in [2.75, 3.05) is 10.8 Å². The number of rotatable bonds is 12. The zero-order valence-corrected chi connectivity index (χ0v) is 26.6. The van der Waals surface area contributed by atoms with E-state index in [1.165, 1.54) is 17.0 Å². The molecule has 0 bridgehead atoms. The summed E-state index contributed by atoms with van der Waals surface area (Å²) in [7, 11) is -4.18. The maximum atomic E-state index is 14.2. The quantitative estimate of drug-likeness (QED) is 0.183. The smallest absolute Gasteiger partial charge is 0.264 e. The SMILES string of the molecule is C[C@@H](C(=O)NC1CCCC1)N(Cc1cccc(Cl)c1)C(=O)CN(c1ccc(Oc2ccccc2)cc1)S(=O)(=O)c1ccccc1. The number of sulfonamides is 1. The minimum absolute atomic E-state index is 0.0378. The summed E-state index contributed by atoms with van der Waals surface area (Å²) in [5, 5.41) is 3.57. The molecule has 5 rings (SSSR count). The molecule has 10 heteroatoms. The number of carbonyl (C=O) groups is 2. The summed E-state index contributed by atoms with van der Waals surface area (Å²) < 4.78 is 35.0. The van der Waals surface area contributed by atoms with Gasteiger partial charge in [0.05, 0.1) is 10.6 Å². The molecule has 45 heavy (non-hydrogen) atoms. The second-order valence-corrected chi connectivity index (χ2v) is 13.3. The molecule has 0 spiro atoms. The Morgan fingerprint density at radius 3 is 2.13 bits per heavy atom. The summed E-state index contributed by atoms with van der Waals surface area (Å²) in [5.74, 6) is 0.328. The molecular formula is C35H36ClN3O5S. The largest absolute Gasteiger partial charge is 0.457 e. The van der Waals surface area contributed by atoms with E-state index in [-0.39, 0.29) is 29.1 Å². The molecule has 1 aliphatic rings. The van der Waals surface area contributed by atoms with E-state index in [9.17, 15) is 18.0 Å². The molecule has 4 aromatic carbocycles. The molecule has 0 heterocycles. The molecule has 0 aromatic heterocycles. The highest BCUT2D eigenvalue weighted by Gasteiger charge is 2.33. The van der Waals surface area contributed by atoms with E-state index in [4.69, 9.17) is 16.3 Å². The average Bonchev–Trinajstić information content (AvgIpc) is 3.56. The number of nitrogens with zero attached hydrogens (tertiary/aromatic N) is 2. The standard InChI is InChI=1S/C35H36ClN3O5S/c1-26(35(41)37-29-13-8-9-14-29)38(24-27-11-10-12-28(36)23-27)34(40)25-39(45(42,43)33-17-6-3-7-18-33)30-19-21-32(22-20-30)44-31-15-4-2-5-16-31/h2-7,10-12,15-23,26,29H,8-9,13-14,24-25H2,1H3,(H,37,41)/t26-/m0/s1.